The van der Waals surface area contributed by atoms with Gasteiger partial charge in [-0.2, -0.15) is 0 Å². The third-order valence-electron chi connectivity index (χ3n) is 4.50. The zero-order valence-corrected chi connectivity index (χ0v) is 17.9. The van der Waals surface area contributed by atoms with Crippen LogP contribution < -0.4 is 22.4 Å². The summed E-state index contributed by atoms with van der Waals surface area (Å²) < 4.78 is 9.31. The van der Waals surface area contributed by atoms with Crippen molar-refractivity contribution < 1.29 is 39.2 Å². The maximum Gasteiger partial charge on any atom is 0.490 e. The van der Waals surface area contributed by atoms with Crippen LogP contribution in [0.3, 0.4) is 0 Å². The van der Waals surface area contributed by atoms with E-state index in [-0.39, 0.29) is 6.42 Å². The van der Waals surface area contributed by atoms with Gasteiger partial charge in [0, 0.05) is 7.11 Å². The van der Waals surface area contributed by atoms with Gasteiger partial charge in [-0.05, 0) is 34.9 Å². The summed E-state index contributed by atoms with van der Waals surface area (Å²) in [6.45, 7) is 0. The first-order valence-electron chi connectivity index (χ1n) is 9.65. The van der Waals surface area contributed by atoms with E-state index in [1.54, 1.807) is 36.4 Å². The van der Waals surface area contributed by atoms with Crippen LogP contribution in [0.2, 0.25) is 0 Å². The first kappa shape index (κ1) is 27.3. The fourth-order valence-electron chi connectivity index (χ4n) is 2.61. The Bertz CT molecular complexity index is 850. The summed E-state index contributed by atoms with van der Waals surface area (Å²) in [7, 11) is 0.289. The van der Waals surface area contributed by atoms with Gasteiger partial charge in [-0.15, -0.1) is 0 Å². The normalized spacial score (nSPS) is 12.1. The Morgan fingerprint density at radius 2 is 1.28 bits per heavy atom. The highest BCUT2D eigenvalue weighted by Crippen LogP contribution is 2.03. The maximum absolute atomic E-state index is 11.1. The summed E-state index contributed by atoms with van der Waals surface area (Å²) in [5.74, 6) is -1.49. The summed E-state index contributed by atoms with van der Waals surface area (Å²) in [5, 5.41) is 35.6. The van der Waals surface area contributed by atoms with Crippen molar-refractivity contribution in [2.45, 2.75) is 24.9 Å². The molecule has 2 unspecified atom stereocenters. The second kappa shape index (κ2) is 13.6. The van der Waals surface area contributed by atoms with E-state index < -0.39 is 38.3 Å². The molecule has 0 saturated heterocycles. The van der Waals surface area contributed by atoms with Gasteiger partial charge in [0.15, 0.2) is 0 Å². The second-order valence-electron chi connectivity index (χ2n) is 6.93. The number of carbonyl (C=O) groups excluding carboxylic acids is 1. The molecule has 0 spiro atoms. The van der Waals surface area contributed by atoms with E-state index in [9.17, 15) is 14.6 Å². The molecule has 2 atom stereocenters. The summed E-state index contributed by atoms with van der Waals surface area (Å²) in [4.78, 5) is 21.6. The van der Waals surface area contributed by atoms with Gasteiger partial charge in [0.2, 0.25) is 0 Å². The lowest BCUT2D eigenvalue weighted by atomic mass is 9.79. The Labute approximate surface area is 187 Å². The van der Waals surface area contributed by atoms with E-state index in [0.29, 0.717) is 17.3 Å². The van der Waals surface area contributed by atoms with Crippen molar-refractivity contribution in [2.75, 3.05) is 14.2 Å². The third-order valence-corrected chi connectivity index (χ3v) is 4.50. The lowest BCUT2D eigenvalue weighted by molar-refractivity contribution is -0.142. The molecule has 2 aromatic rings. The Hall–Kier alpha value is -2.73. The zero-order valence-electron chi connectivity index (χ0n) is 17.9. The van der Waals surface area contributed by atoms with Crippen LogP contribution in [0.15, 0.2) is 48.5 Å². The Kier molecular flexibility index (Phi) is 11.6. The van der Waals surface area contributed by atoms with Crippen LogP contribution >= 0.6 is 0 Å². The molecule has 2 rings (SSSR count). The van der Waals surface area contributed by atoms with E-state index in [1.807, 2.05) is 0 Å². The standard InChI is InChI=1S/C11H16BNO4.C9H12BNO4/c1-16-11(14)10(13)7-8-3-5-9(6-4-8)12(15)17-2;11-8(9(12)13)5-6-1-3-7(4-2-6)10(14)15/h3-6,10,15H,7,13H2,1-2H3;1-4,8,14-15H,5,11H2,(H,12,13). The van der Waals surface area contributed by atoms with E-state index in [1.165, 1.54) is 26.4 Å². The molecule has 172 valence electrons. The van der Waals surface area contributed by atoms with Crippen LogP contribution in [0.1, 0.15) is 11.1 Å². The first-order chi connectivity index (χ1) is 15.1. The Morgan fingerprint density at radius 3 is 1.66 bits per heavy atom. The number of hydrogen-bond acceptors (Lipinski definition) is 9. The van der Waals surface area contributed by atoms with E-state index in [2.05, 4.69) is 4.74 Å². The van der Waals surface area contributed by atoms with Crippen molar-refractivity contribution >= 4 is 37.1 Å². The summed E-state index contributed by atoms with van der Waals surface area (Å²) in [6.07, 6.45) is 0.618. The highest BCUT2D eigenvalue weighted by atomic mass is 16.5. The number of nitrogens with two attached hydrogens (primary N) is 2. The molecule has 0 radical (unpaired) electrons. The number of esters is 1. The summed E-state index contributed by atoms with van der Waals surface area (Å²) in [5.41, 5.74) is 13.6. The molecule has 0 aliphatic rings. The van der Waals surface area contributed by atoms with Crippen LogP contribution in [-0.2, 0) is 31.8 Å². The average molecular weight is 446 g/mol. The number of ether oxygens (including phenoxy) is 1. The minimum atomic E-state index is -1.51. The molecule has 2 aromatic carbocycles. The highest BCUT2D eigenvalue weighted by molar-refractivity contribution is 6.59. The van der Waals surface area contributed by atoms with E-state index in [0.717, 1.165) is 11.1 Å². The second-order valence-corrected chi connectivity index (χ2v) is 6.93. The zero-order chi connectivity index (χ0) is 24.3. The van der Waals surface area contributed by atoms with Crippen LogP contribution in [0, 0.1) is 0 Å². The molecule has 10 nitrogen and oxygen atoms in total. The molecular formula is C20H28B2N2O8. The van der Waals surface area contributed by atoms with Gasteiger partial charge in [0.25, 0.3) is 0 Å². The number of methoxy groups -OCH3 is 1. The fourth-order valence-corrected chi connectivity index (χ4v) is 2.61. The van der Waals surface area contributed by atoms with Crippen LogP contribution in [0.4, 0.5) is 0 Å². The first-order valence-corrected chi connectivity index (χ1v) is 9.65. The highest BCUT2D eigenvalue weighted by Gasteiger charge is 2.17. The molecule has 0 aromatic heterocycles. The number of carboxylic acid groups (broad SMARTS) is 1. The number of aliphatic carboxylic acids is 1. The smallest absolute Gasteiger partial charge is 0.480 e. The van der Waals surface area contributed by atoms with Gasteiger partial charge in [0.1, 0.15) is 12.1 Å². The van der Waals surface area contributed by atoms with E-state index in [4.69, 9.17) is 31.3 Å². The molecular weight excluding hydrogens is 418 g/mol. The Balaban J connectivity index is 0.000000323. The monoisotopic (exact) mass is 446 g/mol. The van der Waals surface area contributed by atoms with Crippen LogP contribution in [0.5, 0.6) is 0 Å². The molecule has 0 bridgehead atoms. The van der Waals surface area contributed by atoms with Gasteiger partial charge in [-0.25, -0.2) is 0 Å². The van der Waals surface area contributed by atoms with Crippen molar-refractivity contribution in [1.82, 2.24) is 0 Å². The number of carbonyl (C=O) groups is 2. The van der Waals surface area contributed by atoms with Crippen molar-refractivity contribution in [1.29, 1.82) is 0 Å². The van der Waals surface area contributed by atoms with Crippen molar-refractivity contribution in [3.63, 3.8) is 0 Å². The van der Waals surface area contributed by atoms with Crippen LogP contribution in [-0.4, -0.2) is 72.7 Å². The topological polar surface area (TPSA) is 186 Å². The molecule has 0 amide bonds. The molecule has 8 N–H and O–H groups in total. The summed E-state index contributed by atoms with van der Waals surface area (Å²) in [6, 6.07) is 11.7. The average Bonchev–Trinajstić information content (AvgIpc) is 2.79. The lowest BCUT2D eigenvalue weighted by Crippen LogP contribution is -2.34. The van der Waals surface area contributed by atoms with Gasteiger partial charge in [-0.1, -0.05) is 48.5 Å². The molecule has 0 heterocycles. The van der Waals surface area contributed by atoms with Gasteiger partial charge in [-0.3, -0.25) is 9.59 Å². The number of benzene rings is 2. The molecule has 0 saturated carbocycles. The molecule has 12 heteroatoms. The quantitative estimate of drug-likeness (QED) is 0.176. The molecule has 32 heavy (non-hydrogen) atoms. The van der Waals surface area contributed by atoms with Gasteiger partial charge < -0.3 is 41.0 Å². The van der Waals surface area contributed by atoms with Gasteiger partial charge >= 0.3 is 26.2 Å². The van der Waals surface area contributed by atoms with Crippen LogP contribution in [0.25, 0.3) is 0 Å². The fraction of sp³-hybridized carbons (Fsp3) is 0.300. The maximum atomic E-state index is 11.1. The van der Waals surface area contributed by atoms with Crippen molar-refractivity contribution in [3.05, 3.63) is 59.7 Å². The lowest BCUT2D eigenvalue weighted by Gasteiger charge is -2.10. The number of carboxylic acids is 1. The van der Waals surface area contributed by atoms with E-state index >= 15 is 0 Å². The van der Waals surface area contributed by atoms with Crippen molar-refractivity contribution in [3.8, 4) is 0 Å². The molecule has 0 aliphatic heterocycles. The third kappa shape index (κ3) is 9.18. The molecule has 0 fully saturated rings. The summed E-state index contributed by atoms with van der Waals surface area (Å²) >= 11 is 0. The van der Waals surface area contributed by atoms with Gasteiger partial charge in [0.05, 0.1) is 7.11 Å². The Morgan fingerprint density at radius 1 is 0.844 bits per heavy atom. The van der Waals surface area contributed by atoms with Crippen molar-refractivity contribution in [2.24, 2.45) is 11.5 Å². The number of hydrogen-bond donors (Lipinski definition) is 6. The predicted octanol–water partition coefficient (Wildman–Crippen LogP) is -2.62. The largest absolute Gasteiger partial charge is 0.490 e. The molecule has 0 aliphatic carbocycles. The minimum Gasteiger partial charge on any atom is -0.480 e. The predicted molar refractivity (Wildman–Crippen MR) is 120 cm³/mol. The SMILES string of the molecule is COB(O)c1ccc(CC(N)C(=O)OC)cc1.NC(Cc1ccc(B(O)O)cc1)C(=O)O. The number of rotatable bonds is 9. The minimum absolute atomic E-state index is 0.219.